The number of para-hydroxylation sites is 1. The number of rotatable bonds is 4. The van der Waals surface area contributed by atoms with E-state index in [1.54, 1.807) is 11.3 Å². The van der Waals surface area contributed by atoms with Crippen molar-refractivity contribution in [1.29, 1.82) is 0 Å². The van der Waals surface area contributed by atoms with E-state index in [0.717, 1.165) is 25.2 Å². The van der Waals surface area contributed by atoms with Gasteiger partial charge in [-0.3, -0.25) is 4.90 Å². The van der Waals surface area contributed by atoms with Crippen molar-refractivity contribution in [3.8, 4) is 0 Å². The van der Waals surface area contributed by atoms with Gasteiger partial charge in [0.25, 0.3) is 0 Å². The Bertz CT molecular complexity index is 501. The number of likely N-dealkylation sites (N-methyl/N-ethyl adjacent to an activating group) is 1. The zero-order valence-electron chi connectivity index (χ0n) is 11.3. The van der Waals surface area contributed by atoms with Crippen LogP contribution in [0.5, 0.6) is 0 Å². The van der Waals surface area contributed by atoms with E-state index in [1.165, 1.54) is 29.0 Å². The first-order chi connectivity index (χ1) is 9.31. The molecule has 1 aromatic heterocycles. The second-order valence-electron chi connectivity index (χ2n) is 5.26. The van der Waals surface area contributed by atoms with Crippen LogP contribution in [0.4, 0.5) is 0 Å². The summed E-state index contributed by atoms with van der Waals surface area (Å²) >= 11 is 1.79. The molecule has 1 saturated heterocycles. The lowest BCUT2D eigenvalue weighted by atomic mass is 10.1. The van der Waals surface area contributed by atoms with E-state index in [2.05, 4.69) is 35.1 Å². The number of benzene rings is 1. The van der Waals surface area contributed by atoms with Crippen LogP contribution in [0.15, 0.2) is 24.3 Å². The van der Waals surface area contributed by atoms with Crippen LogP contribution in [0, 0.1) is 0 Å². The molecule has 3 rings (SSSR count). The molecule has 2 aromatic rings. The van der Waals surface area contributed by atoms with Gasteiger partial charge < -0.3 is 4.74 Å². The summed E-state index contributed by atoms with van der Waals surface area (Å²) in [4.78, 5) is 7.01. The highest BCUT2D eigenvalue weighted by Gasteiger charge is 2.16. The Hall–Kier alpha value is -0.970. The van der Waals surface area contributed by atoms with E-state index >= 15 is 0 Å². The molecule has 1 aromatic carbocycles. The molecule has 2 heterocycles. The fourth-order valence-electron chi connectivity index (χ4n) is 2.58. The maximum absolute atomic E-state index is 5.79. The standard InChI is InChI=1S/C15H20N2OS/c1-17(10-12-6-4-5-9-18-12)11-15-16-13-7-2-3-8-14(13)19-15/h2-3,7-8,12H,4-6,9-11H2,1H3. The van der Waals surface area contributed by atoms with E-state index < -0.39 is 0 Å². The Labute approximate surface area is 118 Å². The van der Waals surface area contributed by atoms with Gasteiger partial charge in [0, 0.05) is 13.2 Å². The van der Waals surface area contributed by atoms with Crippen molar-refractivity contribution in [3.05, 3.63) is 29.3 Å². The van der Waals surface area contributed by atoms with Crippen LogP contribution < -0.4 is 0 Å². The second kappa shape index (κ2) is 5.99. The topological polar surface area (TPSA) is 25.4 Å². The minimum absolute atomic E-state index is 0.410. The van der Waals surface area contributed by atoms with Crippen LogP contribution in [-0.2, 0) is 11.3 Å². The normalized spacial score (nSPS) is 20.2. The average molecular weight is 276 g/mol. The SMILES string of the molecule is CN(Cc1nc2ccccc2s1)CC1CCCCO1. The molecule has 0 radical (unpaired) electrons. The van der Waals surface area contributed by atoms with Crippen molar-refractivity contribution >= 4 is 21.6 Å². The van der Waals surface area contributed by atoms with E-state index in [1.807, 2.05) is 6.07 Å². The lowest BCUT2D eigenvalue weighted by Crippen LogP contribution is -2.33. The first kappa shape index (κ1) is 13.0. The molecule has 0 amide bonds. The fourth-order valence-corrected chi connectivity index (χ4v) is 3.63. The molecule has 1 unspecified atom stereocenters. The molecule has 1 atom stereocenters. The number of aromatic nitrogens is 1. The van der Waals surface area contributed by atoms with Crippen LogP contribution in [0.3, 0.4) is 0 Å². The van der Waals surface area contributed by atoms with Crippen LogP contribution in [0.2, 0.25) is 0 Å². The minimum atomic E-state index is 0.410. The number of nitrogens with zero attached hydrogens (tertiary/aromatic N) is 2. The Balaban J connectivity index is 1.60. The van der Waals surface area contributed by atoms with Crippen LogP contribution in [0.25, 0.3) is 10.2 Å². The van der Waals surface area contributed by atoms with E-state index in [4.69, 9.17) is 4.74 Å². The van der Waals surface area contributed by atoms with E-state index in [-0.39, 0.29) is 0 Å². The molecule has 0 spiro atoms. The molecule has 1 fully saturated rings. The lowest BCUT2D eigenvalue weighted by molar-refractivity contribution is -0.00258. The number of ether oxygens (including phenoxy) is 1. The molecule has 0 saturated carbocycles. The van der Waals surface area contributed by atoms with Crippen LogP contribution in [-0.4, -0.2) is 36.2 Å². The molecule has 1 aliphatic rings. The summed E-state index contributed by atoms with van der Waals surface area (Å²) in [6.07, 6.45) is 4.13. The van der Waals surface area contributed by atoms with Gasteiger partial charge in [0.1, 0.15) is 5.01 Å². The molecule has 0 aliphatic carbocycles. The smallest absolute Gasteiger partial charge is 0.108 e. The van der Waals surface area contributed by atoms with E-state index in [0.29, 0.717) is 6.10 Å². The summed E-state index contributed by atoms with van der Waals surface area (Å²) in [5.41, 5.74) is 1.12. The third kappa shape index (κ3) is 3.32. The first-order valence-corrected chi connectivity index (χ1v) is 7.77. The van der Waals surface area contributed by atoms with Gasteiger partial charge in [-0.05, 0) is 38.4 Å². The molecule has 0 N–H and O–H groups in total. The van der Waals surface area contributed by atoms with Crippen molar-refractivity contribution in [1.82, 2.24) is 9.88 Å². The predicted molar refractivity (Wildman–Crippen MR) is 79.5 cm³/mol. The van der Waals surface area contributed by atoms with Gasteiger partial charge in [-0.25, -0.2) is 4.98 Å². The summed E-state index contributed by atoms with van der Waals surface area (Å²) < 4.78 is 7.06. The maximum Gasteiger partial charge on any atom is 0.108 e. The summed E-state index contributed by atoms with van der Waals surface area (Å²) in [6, 6.07) is 8.34. The molecule has 3 nitrogen and oxygen atoms in total. The second-order valence-corrected chi connectivity index (χ2v) is 6.38. The minimum Gasteiger partial charge on any atom is -0.377 e. The summed E-state index contributed by atoms with van der Waals surface area (Å²) in [5.74, 6) is 0. The van der Waals surface area contributed by atoms with Gasteiger partial charge in [-0.2, -0.15) is 0 Å². The van der Waals surface area contributed by atoms with Crippen LogP contribution >= 0.6 is 11.3 Å². The number of fused-ring (bicyclic) bond motifs is 1. The first-order valence-electron chi connectivity index (χ1n) is 6.96. The van der Waals surface area contributed by atoms with E-state index in [9.17, 15) is 0 Å². The zero-order valence-corrected chi connectivity index (χ0v) is 12.2. The highest BCUT2D eigenvalue weighted by Crippen LogP contribution is 2.22. The molecule has 1 aliphatic heterocycles. The number of hydrogen-bond acceptors (Lipinski definition) is 4. The highest BCUT2D eigenvalue weighted by molar-refractivity contribution is 7.18. The highest BCUT2D eigenvalue weighted by atomic mass is 32.1. The average Bonchev–Trinajstić information content (AvgIpc) is 2.81. The van der Waals surface area contributed by atoms with Crippen molar-refractivity contribution in [2.24, 2.45) is 0 Å². The van der Waals surface area contributed by atoms with Gasteiger partial charge in [0.15, 0.2) is 0 Å². The Kier molecular flexibility index (Phi) is 4.11. The molecule has 19 heavy (non-hydrogen) atoms. The molecular weight excluding hydrogens is 256 g/mol. The monoisotopic (exact) mass is 276 g/mol. The van der Waals surface area contributed by atoms with Gasteiger partial charge in [0.2, 0.25) is 0 Å². The summed E-state index contributed by atoms with van der Waals surface area (Å²) in [6.45, 7) is 2.86. The van der Waals surface area contributed by atoms with Crippen molar-refractivity contribution in [2.45, 2.75) is 31.9 Å². The maximum atomic E-state index is 5.79. The summed E-state index contributed by atoms with van der Waals surface area (Å²) in [5, 5.41) is 1.19. The Morgan fingerprint density at radius 1 is 1.37 bits per heavy atom. The number of thiazole rings is 1. The zero-order chi connectivity index (χ0) is 13.1. The van der Waals surface area contributed by atoms with Crippen molar-refractivity contribution < 1.29 is 4.74 Å². The Morgan fingerprint density at radius 3 is 3.05 bits per heavy atom. The van der Waals surface area contributed by atoms with Gasteiger partial charge in [0.05, 0.1) is 22.9 Å². The molecule has 102 valence electrons. The predicted octanol–water partition coefficient (Wildman–Crippen LogP) is 3.30. The van der Waals surface area contributed by atoms with Crippen molar-refractivity contribution in [3.63, 3.8) is 0 Å². The third-order valence-electron chi connectivity index (χ3n) is 3.53. The summed E-state index contributed by atoms with van der Waals surface area (Å²) in [7, 11) is 2.16. The van der Waals surface area contributed by atoms with Gasteiger partial charge in [-0.1, -0.05) is 12.1 Å². The fraction of sp³-hybridized carbons (Fsp3) is 0.533. The Morgan fingerprint density at radius 2 is 2.26 bits per heavy atom. The molecular formula is C15H20N2OS. The van der Waals surface area contributed by atoms with Gasteiger partial charge in [-0.15, -0.1) is 11.3 Å². The lowest BCUT2D eigenvalue weighted by Gasteiger charge is -2.26. The quantitative estimate of drug-likeness (QED) is 0.857. The number of hydrogen-bond donors (Lipinski definition) is 0. The molecule has 0 bridgehead atoms. The third-order valence-corrected chi connectivity index (χ3v) is 4.55. The van der Waals surface area contributed by atoms with Crippen molar-refractivity contribution in [2.75, 3.05) is 20.2 Å². The van der Waals surface area contributed by atoms with Crippen LogP contribution in [0.1, 0.15) is 24.3 Å². The van der Waals surface area contributed by atoms with Gasteiger partial charge >= 0.3 is 0 Å². The molecule has 4 heteroatoms. The largest absolute Gasteiger partial charge is 0.377 e.